The summed E-state index contributed by atoms with van der Waals surface area (Å²) in [7, 11) is 1.60. The molecular formula is C22H29N5O3S. The Morgan fingerprint density at radius 3 is 2.61 bits per heavy atom. The van der Waals surface area contributed by atoms with Crippen molar-refractivity contribution in [2.45, 2.75) is 46.7 Å². The van der Waals surface area contributed by atoms with E-state index in [1.807, 2.05) is 19.9 Å². The largest absolute Gasteiger partial charge is 0.383 e. The molecule has 3 aromatic rings. The number of nitrogens with zero attached hydrogens (tertiary/aromatic N) is 2. The highest BCUT2D eigenvalue weighted by molar-refractivity contribution is 7.17. The highest BCUT2D eigenvalue weighted by atomic mass is 32.1. The molecule has 0 bridgehead atoms. The van der Waals surface area contributed by atoms with Crippen LogP contribution in [0.15, 0.2) is 24.5 Å². The lowest BCUT2D eigenvalue weighted by atomic mass is 9.88. The van der Waals surface area contributed by atoms with Crippen LogP contribution in [0.25, 0.3) is 21.7 Å². The first-order chi connectivity index (χ1) is 14.6. The van der Waals surface area contributed by atoms with Crippen molar-refractivity contribution in [2.24, 2.45) is 5.41 Å². The van der Waals surface area contributed by atoms with Crippen LogP contribution in [0.2, 0.25) is 0 Å². The molecule has 3 aromatic heterocycles. The van der Waals surface area contributed by atoms with E-state index in [-0.39, 0.29) is 29.3 Å². The van der Waals surface area contributed by atoms with Gasteiger partial charge in [0.1, 0.15) is 5.52 Å². The molecule has 2 atom stereocenters. The van der Waals surface area contributed by atoms with Crippen molar-refractivity contribution in [3.63, 3.8) is 0 Å². The zero-order valence-corrected chi connectivity index (χ0v) is 19.5. The third-order valence-electron chi connectivity index (χ3n) is 5.15. The van der Waals surface area contributed by atoms with Crippen LogP contribution in [0.4, 0.5) is 0 Å². The van der Waals surface area contributed by atoms with Crippen LogP contribution in [0.5, 0.6) is 0 Å². The number of amides is 2. The number of nitrogens with one attached hydrogen (secondary N) is 3. The quantitative estimate of drug-likeness (QED) is 0.517. The van der Waals surface area contributed by atoms with Crippen molar-refractivity contribution in [1.82, 2.24) is 25.6 Å². The Hall–Kier alpha value is -2.78. The number of aromatic amines is 1. The molecular weight excluding hydrogens is 414 g/mol. The van der Waals surface area contributed by atoms with E-state index in [1.54, 1.807) is 25.6 Å². The normalized spacial score (nSPS) is 13.7. The van der Waals surface area contributed by atoms with Crippen LogP contribution in [-0.4, -0.2) is 52.6 Å². The van der Waals surface area contributed by atoms with Crippen LogP contribution in [-0.2, 0) is 4.74 Å². The minimum atomic E-state index is -0.196. The molecule has 166 valence electrons. The van der Waals surface area contributed by atoms with Gasteiger partial charge in [0.05, 0.1) is 33.8 Å². The highest BCUT2D eigenvalue weighted by Crippen LogP contribution is 2.28. The number of methoxy groups -OCH3 is 1. The second-order valence-electron chi connectivity index (χ2n) is 8.71. The number of aromatic nitrogens is 3. The summed E-state index contributed by atoms with van der Waals surface area (Å²) in [5.41, 5.74) is 2.04. The van der Waals surface area contributed by atoms with Gasteiger partial charge in [-0.3, -0.25) is 9.59 Å². The molecule has 3 heterocycles. The number of hydrogen-bond acceptors (Lipinski definition) is 6. The number of hydrogen-bond donors (Lipinski definition) is 3. The molecule has 0 spiro atoms. The van der Waals surface area contributed by atoms with Gasteiger partial charge in [-0.15, -0.1) is 11.3 Å². The molecule has 0 aromatic carbocycles. The standard InChI is InChI=1S/C22H29N5O3S/c1-12(11-30-6)25-21(29)17-8-7-16(31-17)15-10-24-19-18(27-15)14(9-23-19)20(28)26-13(2)22(3,4)5/h7-10,12-13H,11H2,1-6H3,(H,23,24)(H,25,29)(H,26,28)/t12-,13?/m0/s1. The average Bonchev–Trinajstić information content (AvgIpc) is 3.34. The average molecular weight is 444 g/mol. The Labute approximate surface area is 185 Å². The topological polar surface area (TPSA) is 109 Å². The Balaban J connectivity index is 1.83. The summed E-state index contributed by atoms with van der Waals surface area (Å²) >= 11 is 1.33. The monoisotopic (exact) mass is 443 g/mol. The Morgan fingerprint density at radius 2 is 1.94 bits per heavy atom. The molecule has 0 saturated heterocycles. The second-order valence-corrected chi connectivity index (χ2v) is 9.79. The van der Waals surface area contributed by atoms with E-state index in [2.05, 4.69) is 46.4 Å². The van der Waals surface area contributed by atoms with Gasteiger partial charge in [0.15, 0.2) is 5.65 Å². The first-order valence-corrected chi connectivity index (χ1v) is 11.0. The van der Waals surface area contributed by atoms with Gasteiger partial charge < -0.3 is 20.4 Å². The Morgan fingerprint density at radius 1 is 1.19 bits per heavy atom. The summed E-state index contributed by atoms with van der Waals surface area (Å²) in [6.07, 6.45) is 3.27. The molecule has 31 heavy (non-hydrogen) atoms. The summed E-state index contributed by atoms with van der Waals surface area (Å²) in [6.45, 7) is 10.5. The van der Waals surface area contributed by atoms with Crippen molar-refractivity contribution in [3.05, 3.63) is 35.0 Å². The number of rotatable bonds is 7. The second kappa shape index (κ2) is 9.15. The number of H-pyrrole nitrogens is 1. The molecule has 0 radical (unpaired) electrons. The van der Waals surface area contributed by atoms with Gasteiger partial charge in [0, 0.05) is 25.4 Å². The summed E-state index contributed by atoms with van der Waals surface area (Å²) in [5, 5.41) is 5.93. The number of ether oxygens (including phenoxy) is 1. The Bertz CT molecular complexity index is 1080. The van der Waals surface area contributed by atoms with E-state index < -0.39 is 0 Å². The van der Waals surface area contributed by atoms with Crippen molar-refractivity contribution in [3.8, 4) is 10.6 Å². The van der Waals surface area contributed by atoms with Crippen molar-refractivity contribution >= 4 is 34.3 Å². The van der Waals surface area contributed by atoms with Gasteiger partial charge in [0.25, 0.3) is 11.8 Å². The van der Waals surface area contributed by atoms with E-state index in [9.17, 15) is 9.59 Å². The van der Waals surface area contributed by atoms with Crippen molar-refractivity contribution in [1.29, 1.82) is 0 Å². The maximum absolute atomic E-state index is 12.8. The Kier molecular flexibility index (Phi) is 6.76. The lowest BCUT2D eigenvalue weighted by molar-refractivity contribution is 0.0903. The van der Waals surface area contributed by atoms with E-state index in [0.29, 0.717) is 33.9 Å². The van der Waals surface area contributed by atoms with Crippen LogP contribution >= 0.6 is 11.3 Å². The van der Waals surface area contributed by atoms with Gasteiger partial charge in [-0.2, -0.15) is 0 Å². The lowest BCUT2D eigenvalue weighted by Crippen LogP contribution is -2.41. The molecule has 0 aliphatic carbocycles. The van der Waals surface area contributed by atoms with E-state index >= 15 is 0 Å². The predicted molar refractivity (Wildman–Crippen MR) is 122 cm³/mol. The maximum Gasteiger partial charge on any atom is 0.261 e. The fraction of sp³-hybridized carbons (Fsp3) is 0.455. The third kappa shape index (κ3) is 5.29. The lowest BCUT2D eigenvalue weighted by Gasteiger charge is -2.27. The molecule has 0 aliphatic rings. The summed E-state index contributed by atoms with van der Waals surface area (Å²) in [4.78, 5) is 38.7. The molecule has 1 unspecified atom stereocenters. The molecule has 3 N–H and O–H groups in total. The molecule has 0 saturated carbocycles. The molecule has 2 amide bonds. The fourth-order valence-corrected chi connectivity index (χ4v) is 3.72. The van der Waals surface area contributed by atoms with E-state index in [1.165, 1.54) is 11.3 Å². The molecule has 0 aliphatic heterocycles. The number of carbonyl (C=O) groups is 2. The van der Waals surface area contributed by atoms with E-state index in [0.717, 1.165) is 4.88 Å². The minimum Gasteiger partial charge on any atom is -0.383 e. The van der Waals surface area contributed by atoms with Gasteiger partial charge in [0.2, 0.25) is 0 Å². The summed E-state index contributed by atoms with van der Waals surface area (Å²) < 4.78 is 5.06. The summed E-state index contributed by atoms with van der Waals surface area (Å²) in [5.74, 6) is -0.355. The van der Waals surface area contributed by atoms with Crippen LogP contribution < -0.4 is 10.6 Å². The van der Waals surface area contributed by atoms with Crippen molar-refractivity contribution in [2.75, 3.05) is 13.7 Å². The van der Waals surface area contributed by atoms with Gasteiger partial charge in [-0.1, -0.05) is 20.8 Å². The molecule has 9 heteroatoms. The zero-order valence-electron chi connectivity index (χ0n) is 18.7. The van der Waals surface area contributed by atoms with Crippen LogP contribution in [0.1, 0.15) is 54.6 Å². The number of fused-ring (bicyclic) bond motifs is 1. The minimum absolute atomic E-state index is 0.0139. The van der Waals surface area contributed by atoms with Crippen LogP contribution in [0.3, 0.4) is 0 Å². The predicted octanol–water partition coefficient (Wildman–Crippen LogP) is 3.62. The smallest absolute Gasteiger partial charge is 0.261 e. The zero-order chi connectivity index (χ0) is 22.8. The highest BCUT2D eigenvalue weighted by Gasteiger charge is 2.24. The maximum atomic E-state index is 12.8. The van der Waals surface area contributed by atoms with Gasteiger partial charge in [-0.05, 0) is 31.4 Å². The van der Waals surface area contributed by atoms with E-state index in [4.69, 9.17) is 4.74 Å². The first kappa shape index (κ1) is 22.9. The number of carbonyl (C=O) groups excluding carboxylic acids is 2. The fourth-order valence-electron chi connectivity index (χ4n) is 2.86. The first-order valence-electron chi connectivity index (χ1n) is 10.1. The SMILES string of the molecule is COC[C@H](C)NC(=O)c1ccc(-c2cnc3[nH]cc(C(=O)NC(C)C(C)(C)C)c3n2)s1. The van der Waals surface area contributed by atoms with Crippen molar-refractivity contribution < 1.29 is 14.3 Å². The third-order valence-corrected chi connectivity index (χ3v) is 6.26. The summed E-state index contributed by atoms with van der Waals surface area (Å²) in [6, 6.07) is 3.50. The molecule has 0 fully saturated rings. The van der Waals surface area contributed by atoms with Gasteiger partial charge in [-0.25, -0.2) is 9.97 Å². The molecule has 8 nitrogen and oxygen atoms in total. The van der Waals surface area contributed by atoms with Crippen LogP contribution in [0, 0.1) is 5.41 Å². The van der Waals surface area contributed by atoms with Gasteiger partial charge >= 0.3 is 0 Å². The number of thiophene rings is 1. The molecule has 3 rings (SSSR count).